The third kappa shape index (κ3) is 3.90. The Balaban J connectivity index is 1.57. The van der Waals surface area contributed by atoms with Gasteiger partial charge >= 0.3 is 11.9 Å². The van der Waals surface area contributed by atoms with Crippen molar-refractivity contribution in [3.8, 4) is 20.9 Å². The zero-order valence-electron chi connectivity index (χ0n) is 16.9. The SMILES string of the molecule is O=C(O)Cc1ccccc1-c1cc2cc3sc(-c4ccccc4CC(=O)O)cc3cc2s1. The molecule has 0 atom stereocenters. The van der Waals surface area contributed by atoms with Gasteiger partial charge in [0, 0.05) is 19.2 Å². The van der Waals surface area contributed by atoms with Crippen LogP contribution in [0.2, 0.25) is 0 Å². The molecule has 5 aromatic rings. The second-order valence-corrected chi connectivity index (χ2v) is 9.77. The molecule has 0 saturated heterocycles. The van der Waals surface area contributed by atoms with Gasteiger partial charge in [-0.2, -0.15) is 0 Å². The van der Waals surface area contributed by atoms with E-state index in [2.05, 4.69) is 24.3 Å². The molecule has 0 amide bonds. The van der Waals surface area contributed by atoms with Crippen LogP contribution in [0.5, 0.6) is 0 Å². The molecule has 32 heavy (non-hydrogen) atoms. The fraction of sp³-hybridized carbons (Fsp3) is 0.0769. The van der Waals surface area contributed by atoms with Gasteiger partial charge in [0.1, 0.15) is 0 Å². The van der Waals surface area contributed by atoms with Crippen LogP contribution < -0.4 is 0 Å². The van der Waals surface area contributed by atoms with Gasteiger partial charge in [0.25, 0.3) is 0 Å². The second kappa shape index (κ2) is 8.22. The van der Waals surface area contributed by atoms with Crippen LogP contribution in [-0.2, 0) is 22.4 Å². The van der Waals surface area contributed by atoms with Gasteiger partial charge in [-0.15, -0.1) is 22.7 Å². The largest absolute Gasteiger partial charge is 0.481 e. The van der Waals surface area contributed by atoms with Crippen molar-refractivity contribution < 1.29 is 19.8 Å². The van der Waals surface area contributed by atoms with Crippen LogP contribution in [0.15, 0.2) is 72.8 Å². The number of aliphatic carboxylic acids is 2. The Bertz CT molecular complexity index is 1330. The molecule has 0 bridgehead atoms. The predicted molar refractivity (Wildman–Crippen MR) is 131 cm³/mol. The number of hydrogen-bond acceptors (Lipinski definition) is 4. The first-order chi connectivity index (χ1) is 15.5. The predicted octanol–water partition coefficient (Wildman–Crippen LogP) is 6.70. The fourth-order valence-corrected chi connectivity index (χ4v) is 6.30. The zero-order valence-corrected chi connectivity index (χ0v) is 18.5. The minimum absolute atomic E-state index is 0.00137. The Morgan fingerprint density at radius 3 is 1.44 bits per heavy atom. The molecule has 2 heterocycles. The summed E-state index contributed by atoms with van der Waals surface area (Å²) in [4.78, 5) is 24.6. The number of thiophene rings is 2. The Hall–Kier alpha value is -3.48. The number of carboxylic acids is 2. The van der Waals surface area contributed by atoms with E-state index in [1.54, 1.807) is 22.7 Å². The Kier molecular flexibility index (Phi) is 5.25. The van der Waals surface area contributed by atoms with Gasteiger partial charge in [-0.3, -0.25) is 9.59 Å². The molecular formula is C26H18O4S2. The van der Waals surface area contributed by atoms with Crippen LogP contribution in [0.25, 0.3) is 41.1 Å². The van der Waals surface area contributed by atoms with Gasteiger partial charge in [-0.05, 0) is 57.3 Å². The number of benzene rings is 3. The van der Waals surface area contributed by atoms with Gasteiger partial charge in [-0.1, -0.05) is 48.5 Å². The molecule has 5 rings (SSSR count). The number of rotatable bonds is 6. The van der Waals surface area contributed by atoms with E-state index in [9.17, 15) is 19.8 Å². The summed E-state index contributed by atoms with van der Waals surface area (Å²) >= 11 is 3.31. The molecule has 0 fully saturated rings. The van der Waals surface area contributed by atoms with Crippen LogP contribution in [0.3, 0.4) is 0 Å². The molecule has 0 spiro atoms. The molecule has 0 unspecified atom stereocenters. The topological polar surface area (TPSA) is 74.6 Å². The lowest BCUT2D eigenvalue weighted by molar-refractivity contribution is -0.137. The van der Waals surface area contributed by atoms with Crippen LogP contribution in [0.1, 0.15) is 11.1 Å². The van der Waals surface area contributed by atoms with E-state index in [0.717, 1.165) is 52.2 Å². The van der Waals surface area contributed by atoms with E-state index in [1.807, 2.05) is 48.5 Å². The number of carbonyl (C=O) groups is 2. The minimum atomic E-state index is -0.838. The molecule has 3 aromatic carbocycles. The molecule has 158 valence electrons. The maximum absolute atomic E-state index is 11.3. The van der Waals surface area contributed by atoms with Crippen molar-refractivity contribution in [1.82, 2.24) is 0 Å². The molecule has 2 aromatic heterocycles. The first-order valence-corrected chi connectivity index (χ1v) is 11.7. The van der Waals surface area contributed by atoms with Crippen LogP contribution >= 0.6 is 22.7 Å². The van der Waals surface area contributed by atoms with Gasteiger partial charge in [-0.25, -0.2) is 0 Å². The smallest absolute Gasteiger partial charge is 0.307 e. The number of fused-ring (bicyclic) bond motifs is 2. The Morgan fingerprint density at radius 2 is 1.03 bits per heavy atom. The average Bonchev–Trinajstić information content (AvgIpc) is 3.34. The molecule has 0 aliphatic carbocycles. The highest BCUT2D eigenvalue weighted by Gasteiger charge is 2.14. The molecule has 0 saturated carbocycles. The van der Waals surface area contributed by atoms with Crippen molar-refractivity contribution >= 4 is 54.8 Å². The minimum Gasteiger partial charge on any atom is -0.481 e. The molecule has 0 radical (unpaired) electrons. The van der Waals surface area contributed by atoms with E-state index < -0.39 is 11.9 Å². The van der Waals surface area contributed by atoms with Crippen molar-refractivity contribution in [3.05, 3.63) is 83.9 Å². The number of hydrogen-bond donors (Lipinski definition) is 2. The summed E-state index contributed by atoms with van der Waals surface area (Å²) in [5.41, 5.74) is 3.54. The lowest BCUT2D eigenvalue weighted by Crippen LogP contribution is -2.01. The maximum Gasteiger partial charge on any atom is 0.307 e. The summed E-state index contributed by atoms with van der Waals surface area (Å²) in [6.45, 7) is 0. The molecule has 6 heteroatoms. The van der Waals surface area contributed by atoms with E-state index >= 15 is 0 Å². The third-order valence-corrected chi connectivity index (χ3v) is 7.67. The summed E-state index contributed by atoms with van der Waals surface area (Å²) in [6, 6.07) is 23.9. The lowest BCUT2D eigenvalue weighted by atomic mass is 10.0. The van der Waals surface area contributed by atoms with Gasteiger partial charge in [0.05, 0.1) is 12.8 Å². The third-order valence-electron chi connectivity index (χ3n) is 5.40. The van der Waals surface area contributed by atoms with Crippen molar-refractivity contribution in [2.45, 2.75) is 12.8 Å². The maximum atomic E-state index is 11.3. The van der Waals surface area contributed by atoms with Crippen LogP contribution in [0.4, 0.5) is 0 Å². The molecular weight excluding hydrogens is 440 g/mol. The van der Waals surface area contributed by atoms with Gasteiger partial charge in [0.15, 0.2) is 0 Å². The normalized spacial score (nSPS) is 11.2. The van der Waals surface area contributed by atoms with Gasteiger partial charge in [0.2, 0.25) is 0 Å². The molecule has 2 N–H and O–H groups in total. The number of carboxylic acid groups (broad SMARTS) is 2. The van der Waals surface area contributed by atoms with Crippen LogP contribution in [-0.4, -0.2) is 22.2 Å². The average molecular weight is 459 g/mol. The molecule has 0 aliphatic rings. The van der Waals surface area contributed by atoms with E-state index in [-0.39, 0.29) is 12.8 Å². The highest BCUT2D eigenvalue weighted by atomic mass is 32.1. The first kappa shape index (κ1) is 20.4. The quantitative estimate of drug-likeness (QED) is 0.297. The summed E-state index contributed by atoms with van der Waals surface area (Å²) < 4.78 is 2.28. The van der Waals surface area contributed by atoms with Crippen molar-refractivity contribution in [2.24, 2.45) is 0 Å². The molecule has 4 nitrogen and oxygen atoms in total. The van der Waals surface area contributed by atoms with Crippen molar-refractivity contribution in [1.29, 1.82) is 0 Å². The van der Waals surface area contributed by atoms with E-state index in [4.69, 9.17) is 0 Å². The highest BCUT2D eigenvalue weighted by molar-refractivity contribution is 7.23. The second-order valence-electron chi connectivity index (χ2n) is 7.60. The van der Waals surface area contributed by atoms with Gasteiger partial charge < -0.3 is 10.2 Å². The fourth-order valence-electron chi connectivity index (χ4n) is 3.99. The monoisotopic (exact) mass is 458 g/mol. The summed E-state index contributed by atoms with van der Waals surface area (Å²) in [6.07, 6.45) is -0.00274. The van der Waals surface area contributed by atoms with E-state index in [1.165, 1.54) is 0 Å². The zero-order chi connectivity index (χ0) is 22.2. The van der Waals surface area contributed by atoms with Crippen molar-refractivity contribution in [2.75, 3.05) is 0 Å². The lowest BCUT2D eigenvalue weighted by Gasteiger charge is -2.04. The van der Waals surface area contributed by atoms with E-state index in [0.29, 0.717) is 0 Å². The highest BCUT2D eigenvalue weighted by Crippen LogP contribution is 2.41. The summed E-state index contributed by atoms with van der Waals surface area (Å²) in [7, 11) is 0. The Morgan fingerprint density at radius 1 is 0.625 bits per heavy atom. The first-order valence-electron chi connectivity index (χ1n) is 10.1. The summed E-state index contributed by atoms with van der Waals surface area (Å²) in [5.74, 6) is -1.68. The summed E-state index contributed by atoms with van der Waals surface area (Å²) in [5, 5.41) is 20.7. The van der Waals surface area contributed by atoms with Crippen molar-refractivity contribution in [3.63, 3.8) is 0 Å². The molecule has 0 aliphatic heterocycles. The van der Waals surface area contributed by atoms with Crippen LogP contribution in [0, 0.1) is 0 Å². The standard InChI is InChI=1S/C26H18O4S2/c27-25(28)13-15-5-1-3-7-19(15)23-11-17-9-22-18(10-21(17)31-23)12-24(32-22)20-8-4-2-6-16(20)14-26(29)30/h1-12H,13-14H2,(H,27,28)(H,29,30). The Labute approximate surface area is 192 Å².